The van der Waals surface area contributed by atoms with Gasteiger partial charge in [-0.25, -0.2) is 15.0 Å². The second kappa shape index (κ2) is 8.79. The lowest BCUT2D eigenvalue weighted by Gasteiger charge is -2.10. The summed E-state index contributed by atoms with van der Waals surface area (Å²) in [5, 5.41) is 11.2. The summed E-state index contributed by atoms with van der Waals surface area (Å²) >= 11 is 0. The van der Waals surface area contributed by atoms with Gasteiger partial charge in [-0.05, 0) is 29.0 Å². The maximum Gasteiger partial charge on any atom is 0.251 e. The summed E-state index contributed by atoms with van der Waals surface area (Å²) in [6.45, 7) is 1.01. The second-order valence-electron chi connectivity index (χ2n) is 6.34. The van der Waals surface area contributed by atoms with Crippen molar-refractivity contribution in [2.24, 2.45) is 0 Å². The van der Waals surface area contributed by atoms with Gasteiger partial charge in [0.1, 0.15) is 23.8 Å². The first-order valence-electron chi connectivity index (χ1n) is 9.29. The van der Waals surface area contributed by atoms with Gasteiger partial charge in [-0.2, -0.15) is 0 Å². The molecule has 4 rings (SSSR count). The Balaban J connectivity index is 1.31. The van der Waals surface area contributed by atoms with Gasteiger partial charge >= 0.3 is 0 Å². The number of nitrogens with one attached hydrogen (secondary N) is 3. The molecule has 0 atom stereocenters. The number of carbonyl (C=O) groups is 1. The van der Waals surface area contributed by atoms with E-state index < -0.39 is 0 Å². The highest BCUT2D eigenvalue weighted by Crippen LogP contribution is 2.18. The van der Waals surface area contributed by atoms with Crippen LogP contribution in [0, 0.1) is 0 Å². The third-order valence-electron chi connectivity index (χ3n) is 4.34. The first kappa shape index (κ1) is 18.4. The van der Waals surface area contributed by atoms with E-state index in [-0.39, 0.29) is 5.91 Å². The molecule has 2 aromatic heterocycles. The van der Waals surface area contributed by atoms with Crippen LogP contribution < -0.4 is 16.0 Å². The Labute approximate surface area is 168 Å². The number of fused-ring (bicyclic) bond motifs is 1. The summed E-state index contributed by atoms with van der Waals surface area (Å²) in [5.74, 6) is 1.92. The Kier molecular flexibility index (Phi) is 5.57. The molecule has 0 aliphatic rings. The predicted molar refractivity (Wildman–Crippen MR) is 114 cm³/mol. The molecule has 0 fully saturated rings. The van der Waals surface area contributed by atoms with E-state index in [0.717, 1.165) is 10.8 Å². The quantitative estimate of drug-likeness (QED) is 0.422. The molecule has 1 amide bonds. The fourth-order valence-corrected chi connectivity index (χ4v) is 2.98. The van der Waals surface area contributed by atoms with Crippen LogP contribution in [-0.4, -0.2) is 33.9 Å². The number of rotatable bonds is 7. The van der Waals surface area contributed by atoms with Crippen molar-refractivity contribution < 1.29 is 4.79 Å². The van der Waals surface area contributed by atoms with Crippen molar-refractivity contribution in [1.82, 2.24) is 20.3 Å². The maximum atomic E-state index is 12.5. The van der Waals surface area contributed by atoms with Gasteiger partial charge < -0.3 is 16.0 Å². The smallest absolute Gasteiger partial charge is 0.251 e. The second-order valence-corrected chi connectivity index (χ2v) is 6.34. The SMILES string of the molecule is O=C(NCCNc1cc(Nc2ccccn2)ncn1)c1cccc2ccccc12. The molecule has 0 bridgehead atoms. The van der Waals surface area contributed by atoms with Gasteiger partial charge in [0.15, 0.2) is 0 Å². The molecule has 7 heteroatoms. The molecule has 0 unspecified atom stereocenters. The van der Waals surface area contributed by atoms with Crippen LogP contribution in [0.2, 0.25) is 0 Å². The van der Waals surface area contributed by atoms with Gasteiger partial charge in [-0.1, -0.05) is 42.5 Å². The van der Waals surface area contributed by atoms with E-state index in [1.54, 1.807) is 12.3 Å². The molecule has 0 spiro atoms. The van der Waals surface area contributed by atoms with Gasteiger partial charge in [0.25, 0.3) is 5.91 Å². The Bertz CT molecular complexity index is 1110. The minimum absolute atomic E-state index is 0.0937. The average Bonchev–Trinajstić information content (AvgIpc) is 2.77. The highest BCUT2D eigenvalue weighted by molar-refractivity contribution is 6.07. The molecular formula is C22H20N6O. The summed E-state index contributed by atoms with van der Waals surface area (Å²) in [6.07, 6.45) is 3.18. The summed E-state index contributed by atoms with van der Waals surface area (Å²) in [7, 11) is 0. The number of hydrogen-bond acceptors (Lipinski definition) is 6. The number of amides is 1. The van der Waals surface area contributed by atoms with Gasteiger partial charge in [0.2, 0.25) is 0 Å². The Morgan fingerprint density at radius 2 is 1.62 bits per heavy atom. The number of hydrogen-bond donors (Lipinski definition) is 3. The van der Waals surface area contributed by atoms with E-state index in [9.17, 15) is 4.79 Å². The molecule has 2 aromatic carbocycles. The lowest BCUT2D eigenvalue weighted by molar-refractivity contribution is 0.0957. The van der Waals surface area contributed by atoms with E-state index in [1.165, 1.54) is 6.33 Å². The van der Waals surface area contributed by atoms with Crippen LogP contribution in [0.5, 0.6) is 0 Å². The average molecular weight is 384 g/mol. The summed E-state index contributed by atoms with van der Waals surface area (Å²) < 4.78 is 0. The van der Waals surface area contributed by atoms with Gasteiger partial charge in [0.05, 0.1) is 0 Å². The minimum Gasteiger partial charge on any atom is -0.368 e. The van der Waals surface area contributed by atoms with Gasteiger partial charge in [-0.15, -0.1) is 0 Å². The van der Waals surface area contributed by atoms with Crippen molar-refractivity contribution in [2.75, 3.05) is 23.7 Å². The standard InChI is InChI=1S/C22H20N6O/c29-22(18-9-5-7-16-6-1-2-8-17(16)18)25-13-12-24-20-14-21(27-15-26-20)28-19-10-3-4-11-23-19/h1-11,14-15H,12-13H2,(H,25,29)(H2,23,24,26,27,28). The molecule has 0 radical (unpaired) electrons. The Morgan fingerprint density at radius 3 is 2.52 bits per heavy atom. The fourth-order valence-electron chi connectivity index (χ4n) is 2.98. The molecular weight excluding hydrogens is 364 g/mol. The highest BCUT2D eigenvalue weighted by atomic mass is 16.1. The lowest BCUT2D eigenvalue weighted by Crippen LogP contribution is -2.29. The predicted octanol–water partition coefficient (Wildman–Crippen LogP) is 3.61. The van der Waals surface area contributed by atoms with Crippen LogP contribution >= 0.6 is 0 Å². The molecule has 0 saturated carbocycles. The fraction of sp³-hybridized carbons (Fsp3) is 0.0909. The molecule has 0 aliphatic heterocycles. The minimum atomic E-state index is -0.0937. The van der Waals surface area contributed by atoms with Gasteiger partial charge in [0, 0.05) is 30.9 Å². The molecule has 29 heavy (non-hydrogen) atoms. The first-order valence-corrected chi connectivity index (χ1v) is 9.29. The van der Waals surface area contributed by atoms with E-state index in [0.29, 0.717) is 36.1 Å². The van der Waals surface area contributed by atoms with Crippen LogP contribution in [0.1, 0.15) is 10.4 Å². The van der Waals surface area contributed by atoms with Crippen LogP contribution in [-0.2, 0) is 0 Å². The zero-order valence-corrected chi connectivity index (χ0v) is 15.7. The highest BCUT2D eigenvalue weighted by Gasteiger charge is 2.08. The van der Waals surface area contributed by atoms with Crippen molar-refractivity contribution in [3.05, 3.63) is 84.8 Å². The zero-order valence-electron chi connectivity index (χ0n) is 15.7. The number of pyridine rings is 1. The maximum absolute atomic E-state index is 12.5. The summed E-state index contributed by atoms with van der Waals surface area (Å²) in [4.78, 5) is 25.1. The van der Waals surface area contributed by atoms with Crippen LogP contribution in [0.3, 0.4) is 0 Å². The monoisotopic (exact) mass is 384 g/mol. The van der Waals surface area contributed by atoms with E-state index >= 15 is 0 Å². The largest absolute Gasteiger partial charge is 0.368 e. The molecule has 3 N–H and O–H groups in total. The summed E-state index contributed by atoms with van der Waals surface area (Å²) in [5.41, 5.74) is 0.673. The normalized spacial score (nSPS) is 10.5. The Morgan fingerprint density at radius 1 is 0.793 bits per heavy atom. The number of nitrogens with zero attached hydrogens (tertiary/aromatic N) is 3. The number of anilines is 3. The number of benzene rings is 2. The lowest BCUT2D eigenvalue weighted by atomic mass is 10.0. The Hall–Kier alpha value is -4.00. The molecule has 4 aromatic rings. The van der Waals surface area contributed by atoms with Crippen molar-refractivity contribution >= 4 is 34.1 Å². The van der Waals surface area contributed by atoms with Crippen molar-refractivity contribution in [3.63, 3.8) is 0 Å². The first-order chi connectivity index (χ1) is 14.3. The van der Waals surface area contributed by atoms with Crippen LogP contribution in [0.25, 0.3) is 10.8 Å². The molecule has 2 heterocycles. The third-order valence-corrected chi connectivity index (χ3v) is 4.34. The van der Waals surface area contributed by atoms with Crippen molar-refractivity contribution in [3.8, 4) is 0 Å². The van der Waals surface area contributed by atoms with Crippen molar-refractivity contribution in [2.45, 2.75) is 0 Å². The molecule has 0 saturated heterocycles. The topological polar surface area (TPSA) is 91.8 Å². The van der Waals surface area contributed by atoms with Crippen LogP contribution in [0.4, 0.5) is 17.5 Å². The molecule has 144 valence electrons. The van der Waals surface area contributed by atoms with E-state index in [1.807, 2.05) is 60.7 Å². The number of aromatic nitrogens is 3. The third kappa shape index (κ3) is 4.65. The van der Waals surface area contributed by atoms with E-state index in [4.69, 9.17) is 0 Å². The molecule has 0 aliphatic carbocycles. The number of carbonyl (C=O) groups excluding carboxylic acids is 1. The summed E-state index contributed by atoms with van der Waals surface area (Å²) in [6, 6.07) is 21.0. The molecule has 7 nitrogen and oxygen atoms in total. The van der Waals surface area contributed by atoms with Crippen LogP contribution in [0.15, 0.2) is 79.3 Å². The van der Waals surface area contributed by atoms with E-state index in [2.05, 4.69) is 30.9 Å². The zero-order chi connectivity index (χ0) is 19.9. The van der Waals surface area contributed by atoms with Crippen molar-refractivity contribution in [1.29, 1.82) is 0 Å². The van der Waals surface area contributed by atoms with Gasteiger partial charge in [-0.3, -0.25) is 4.79 Å².